The van der Waals surface area contributed by atoms with Gasteiger partial charge in [0, 0.05) is 29.2 Å². The lowest BCUT2D eigenvalue weighted by atomic mass is 10.1. The van der Waals surface area contributed by atoms with Crippen LogP contribution in [0.5, 0.6) is 0 Å². The highest BCUT2D eigenvalue weighted by molar-refractivity contribution is 5.85. The number of benzene rings is 1. The normalized spacial score (nSPS) is 13.4. The summed E-state index contributed by atoms with van der Waals surface area (Å²) >= 11 is 0. The summed E-state index contributed by atoms with van der Waals surface area (Å²) < 4.78 is 2.12. The van der Waals surface area contributed by atoms with Gasteiger partial charge < -0.3 is 9.67 Å². The number of aromatic nitrogens is 1. The van der Waals surface area contributed by atoms with Gasteiger partial charge in [-0.25, -0.2) is 0 Å². The van der Waals surface area contributed by atoms with Crippen LogP contribution in [-0.4, -0.2) is 9.67 Å². The fourth-order valence-corrected chi connectivity index (χ4v) is 2.08. The molecule has 0 radical (unpaired) electrons. The van der Waals surface area contributed by atoms with Crippen molar-refractivity contribution >= 4 is 10.9 Å². The van der Waals surface area contributed by atoms with Crippen LogP contribution in [0.2, 0.25) is 0 Å². The van der Waals surface area contributed by atoms with E-state index in [-0.39, 0.29) is 0 Å². The summed E-state index contributed by atoms with van der Waals surface area (Å²) in [6.07, 6.45) is -0.402. The van der Waals surface area contributed by atoms with Gasteiger partial charge in [-0.2, -0.15) is 0 Å². The van der Waals surface area contributed by atoms with Gasteiger partial charge in [-0.1, -0.05) is 18.2 Å². The molecule has 2 heteroatoms. The molecule has 0 bridgehead atoms. The molecule has 2 aromatic rings. The van der Waals surface area contributed by atoms with Gasteiger partial charge in [0.05, 0.1) is 6.10 Å². The number of fused-ring (bicyclic) bond motifs is 1. The van der Waals surface area contributed by atoms with Crippen LogP contribution < -0.4 is 0 Å². The van der Waals surface area contributed by atoms with Crippen LogP contribution in [0.4, 0.5) is 0 Å². The molecule has 2 rings (SSSR count). The third kappa shape index (κ3) is 1.15. The Morgan fingerprint density at radius 1 is 1.29 bits per heavy atom. The van der Waals surface area contributed by atoms with Crippen molar-refractivity contribution in [1.29, 1.82) is 0 Å². The van der Waals surface area contributed by atoms with E-state index in [0.29, 0.717) is 0 Å². The van der Waals surface area contributed by atoms with Gasteiger partial charge in [0.15, 0.2) is 0 Å². The molecule has 74 valence electrons. The van der Waals surface area contributed by atoms with Gasteiger partial charge in [0.25, 0.3) is 0 Å². The highest BCUT2D eigenvalue weighted by Crippen LogP contribution is 2.29. The van der Waals surface area contributed by atoms with Gasteiger partial charge >= 0.3 is 0 Å². The Kier molecular flexibility index (Phi) is 2.08. The maximum absolute atomic E-state index is 9.70. The fourth-order valence-electron chi connectivity index (χ4n) is 2.08. The van der Waals surface area contributed by atoms with Crippen LogP contribution in [0.25, 0.3) is 10.9 Å². The molecule has 0 amide bonds. The molecule has 0 saturated carbocycles. The number of nitrogens with zero attached hydrogens (tertiary/aromatic N) is 1. The summed E-state index contributed by atoms with van der Waals surface area (Å²) in [4.78, 5) is 0. The largest absolute Gasteiger partial charge is 0.389 e. The standard InChI is InChI=1S/C12H15NO/c1-8-12(9(2)14)10-6-4-5-7-11(10)13(8)3/h4-7,9,14H,1-3H3/t9-/m1/s1. The Labute approximate surface area is 83.8 Å². The molecular weight excluding hydrogens is 174 g/mol. The van der Waals surface area contributed by atoms with Crippen molar-refractivity contribution < 1.29 is 5.11 Å². The Bertz CT molecular complexity index is 468. The highest BCUT2D eigenvalue weighted by Gasteiger charge is 2.14. The van der Waals surface area contributed by atoms with E-state index in [9.17, 15) is 5.11 Å². The van der Waals surface area contributed by atoms with Crippen molar-refractivity contribution in [1.82, 2.24) is 4.57 Å². The maximum Gasteiger partial charge on any atom is 0.0785 e. The van der Waals surface area contributed by atoms with Crippen LogP contribution in [0.1, 0.15) is 24.3 Å². The molecule has 1 heterocycles. The minimum atomic E-state index is -0.402. The van der Waals surface area contributed by atoms with E-state index < -0.39 is 6.10 Å². The van der Waals surface area contributed by atoms with Crippen LogP contribution in [-0.2, 0) is 7.05 Å². The zero-order valence-electron chi connectivity index (χ0n) is 8.78. The van der Waals surface area contributed by atoms with Crippen molar-refractivity contribution in [2.75, 3.05) is 0 Å². The Balaban J connectivity index is 2.88. The van der Waals surface area contributed by atoms with Crippen LogP contribution >= 0.6 is 0 Å². The van der Waals surface area contributed by atoms with E-state index in [0.717, 1.165) is 16.6 Å². The Hall–Kier alpha value is -1.28. The molecule has 2 nitrogen and oxygen atoms in total. The number of aliphatic hydroxyl groups excluding tert-OH is 1. The maximum atomic E-state index is 9.70. The fraction of sp³-hybridized carbons (Fsp3) is 0.333. The molecule has 0 aliphatic rings. The Morgan fingerprint density at radius 3 is 2.57 bits per heavy atom. The number of hydrogen-bond donors (Lipinski definition) is 1. The first-order chi connectivity index (χ1) is 6.63. The summed E-state index contributed by atoms with van der Waals surface area (Å²) in [5, 5.41) is 10.9. The zero-order valence-corrected chi connectivity index (χ0v) is 8.78. The molecule has 1 aromatic heterocycles. The lowest BCUT2D eigenvalue weighted by molar-refractivity contribution is 0.200. The second-order valence-electron chi connectivity index (χ2n) is 3.75. The second kappa shape index (κ2) is 3.14. The number of aryl methyl sites for hydroxylation is 1. The van der Waals surface area contributed by atoms with Crippen molar-refractivity contribution in [3.05, 3.63) is 35.5 Å². The predicted molar refractivity (Wildman–Crippen MR) is 58.3 cm³/mol. The lowest BCUT2D eigenvalue weighted by Crippen LogP contribution is -1.95. The third-order valence-electron chi connectivity index (χ3n) is 2.87. The molecule has 1 aromatic carbocycles. The smallest absolute Gasteiger partial charge is 0.0785 e. The molecule has 0 spiro atoms. The van der Waals surface area contributed by atoms with Gasteiger partial charge in [0.2, 0.25) is 0 Å². The van der Waals surface area contributed by atoms with Crippen LogP contribution in [0.15, 0.2) is 24.3 Å². The molecule has 0 fully saturated rings. The second-order valence-corrected chi connectivity index (χ2v) is 3.75. The van der Waals surface area contributed by atoms with E-state index in [1.807, 2.05) is 33.0 Å². The number of aliphatic hydroxyl groups is 1. The van der Waals surface area contributed by atoms with E-state index >= 15 is 0 Å². The Morgan fingerprint density at radius 2 is 1.93 bits per heavy atom. The van der Waals surface area contributed by atoms with Crippen molar-refractivity contribution in [2.45, 2.75) is 20.0 Å². The minimum absolute atomic E-state index is 0.402. The van der Waals surface area contributed by atoms with E-state index in [1.165, 1.54) is 5.52 Å². The number of para-hydroxylation sites is 1. The molecular formula is C12H15NO. The third-order valence-corrected chi connectivity index (χ3v) is 2.87. The molecule has 0 aliphatic heterocycles. The molecule has 0 aliphatic carbocycles. The first-order valence-corrected chi connectivity index (χ1v) is 4.85. The topological polar surface area (TPSA) is 25.2 Å². The summed E-state index contributed by atoms with van der Waals surface area (Å²) in [5.41, 5.74) is 3.37. The van der Waals surface area contributed by atoms with Crippen molar-refractivity contribution in [2.24, 2.45) is 7.05 Å². The first-order valence-electron chi connectivity index (χ1n) is 4.85. The van der Waals surface area contributed by atoms with Gasteiger partial charge in [-0.05, 0) is 19.9 Å². The van der Waals surface area contributed by atoms with E-state index in [2.05, 4.69) is 16.7 Å². The summed E-state index contributed by atoms with van der Waals surface area (Å²) in [6.45, 7) is 3.86. The van der Waals surface area contributed by atoms with E-state index in [1.54, 1.807) is 0 Å². The van der Waals surface area contributed by atoms with Crippen molar-refractivity contribution in [3.63, 3.8) is 0 Å². The molecule has 0 saturated heterocycles. The lowest BCUT2D eigenvalue weighted by Gasteiger charge is -2.04. The average Bonchev–Trinajstić information content (AvgIpc) is 2.41. The molecule has 0 unspecified atom stereocenters. The average molecular weight is 189 g/mol. The van der Waals surface area contributed by atoms with E-state index in [4.69, 9.17) is 0 Å². The quantitative estimate of drug-likeness (QED) is 0.732. The number of rotatable bonds is 1. The predicted octanol–water partition coefficient (Wildman–Crippen LogP) is 2.54. The van der Waals surface area contributed by atoms with Gasteiger partial charge in [-0.15, -0.1) is 0 Å². The minimum Gasteiger partial charge on any atom is -0.389 e. The number of hydrogen-bond acceptors (Lipinski definition) is 1. The van der Waals surface area contributed by atoms with Crippen LogP contribution in [0, 0.1) is 6.92 Å². The zero-order chi connectivity index (χ0) is 10.3. The highest BCUT2D eigenvalue weighted by atomic mass is 16.3. The molecule has 14 heavy (non-hydrogen) atoms. The van der Waals surface area contributed by atoms with Gasteiger partial charge in [-0.3, -0.25) is 0 Å². The summed E-state index contributed by atoms with van der Waals surface area (Å²) in [7, 11) is 2.03. The monoisotopic (exact) mass is 189 g/mol. The van der Waals surface area contributed by atoms with Crippen molar-refractivity contribution in [3.8, 4) is 0 Å². The first kappa shape index (κ1) is 9.28. The summed E-state index contributed by atoms with van der Waals surface area (Å²) in [6, 6.07) is 8.17. The molecule has 1 N–H and O–H groups in total. The SMILES string of the molecule is Cc1c([C@@H](C)O)c2ccccc2n1C. The van der Waals surface area contributed by atoms with Crippen LogP contribution in [0.3, 0.4) is 0 Å². The molecule has 1 atom stereocenters. The van der Waals surface area contributed by atoms with Gasteiger partial charge in [0.1, 0.15) is 0 Å². The summed E-state index contributed by atoms with van der Waals surface area (Å²) in [5.74, 6) is 0.